The lowest BCUT2D eigenvalue weighted by molar-refractivity contribution is -0.112. The number of anilines is 1. The van der Waals surface area contributed by atoms with Crippen molar-refractivity contribution in [3.05, 3.63) is 80.9 Å². The second-order valence-electron chi connectivity index (χ2n) is 7.50. The van der Waals surface area contributed by atoms with Gasteiger partial charge in [-0.05, 0) is 42.3 Å². The van der Waals surface area contributed by atoms with E-state index in [1.807, 2.05) is 13.0 Å². The van der Waals surface area contributed by atoms with Gasteiger partial charge in [-0.3, -0.25) is 14.9 Å². The van der Waals surface area contributed by atoms with Crippen LogP contribution in [0.1, 0.15) is 23.2 Å². The van der Waals surface area contributed by atoms with Crippen LogP contribution in [-0.2, 0) is 17.8 Å². The van der Waals surface area contributed by atoms with Crippen LogP contribution in [0, 0.1) is 11.3 Å². The Morgan fingerprint density at radius 3 is 2.81 bits per heavy atom. The Kier molecular flexibility index (Phi) is 6.84. The molecule has 0 unspecified atom stereocenters. The van der Waals surface area contributed by atoms with Crippen molar-refractivity contribution in [3.63, 3.8) is 0 Å². The van der Waals surface area contributed by atoms with Crippen molar-refractivity contribution in [1.82, 2.24) is 24.8 Å². The SMILES string of the molecule is CCc1nn2c(=O)cc(COc3ccc(/C=C(/C#N)C(=O)Nc4nnc(-c5ccco5)s4)cc3)nc2s1. The molecule has 0 aliphatic rings. The third kappa shape index (κ3) is 5.45. The highest BCUT2D eigenvalue weighted by Gasteiger charge is 2.15. The fourth-order valence-corrected chi connectivity index (χ4v) is 4.75. The average molecular weight is 532 g/mol. The van der Waals surface area contributed by atoms with Crippen molar-refractivity contribution in [1.29, 1.82) is 5.26 Å². The molecule has 0 spiro atoms. The van der Waals surface area contributed by atoms with Crippen LogP contribution in [0.4, 0.5) is 5.13 Å². The summed E-state index contributed by atoms with van der Waals surface area (Å²) in [6.45, 7) is 2.07. The van der Waals surface area contributed by atoms with E-state index in [0.29, 0.717) is 32.7 Å². The Labute approximate surface area is 217 Å². The molecule has 37 heavy (non-hydrogen) atoms. The normalized spacial score (nSPS) is 11.4. The van der Waals surface area contributed by atoms with Crippen molar-refractivity contribution in [2.45, 2.75) is 20.0 Å². The van der Waals surface area contributed by atoms with Crippen LogP contribution in [0.2, 0.25) is 0 Å². The predicted octanol–water partition coefficient (Wildman–Crippen LogP) is 3.95. The molecule has 0 saturated carbocycles. The summed E-state index contributed by atoms with van der Waals surface area (Å²) in [5.74, 6) is 0.473. The van der Waals surface area contributed by atoms with E-state index < -0.39 is 5.91 Å². The number of furan rings is 1. The third-order valence-corrected chi connectivity index (χ3v) is 6.87. The molecule has 0 atom stereocenters. The number of rotatable bonds is 8. The van der Waals surface area contributed by atoms with Gasteiger partial charge in [-0.2, -0.15) is 14.9 Å². The number of amides is 1. The first-order chi connectivity index (χ1) is 18.0. The molecule has 4 aromatic heterocycles. The van der Waals surface area contributed by atoms with Gasteiger partial charge in [-0.15, -0.1) is 10.2 Å². The summed E-state index contributed by atoms with van der Waals surface area (Å²) >= 11 is 2.50. The molecule has 0 saturated heterocycles. The smallest absolute Gasteiger partial charge is 0.275 e. The highest BCUT2D eigenvalue weighted by Crippen LogP contribution is 2.27. The van der Waals surface area contributed by atoms with E-state index in [1.165, 1.54) is 34.3 Å². The molecule has 1 N–H and O–H groups in total. The van der Waals surface area contributed by atoms with Crippen LogP contribution in [0.5, 0.6) is 5.75 Å². The van der Waals surface area contributed by atoms with E-state index in [-0.39, 0.29) is 22.9 Å². The zero-order valence-corrected chi connectivity index (χ0v) is 20.9. The van der Waals surface area contributed by atoms with Gasteiger partial charge >= 0.3 is 0 Å². The van der Waals surface area contributed by atoms with Crippen molar-refractivity contribution in [3.8, 4) is 22.6 Å². The van der Waals surface area contributed by atoms with Crippen LogP contribution in [0.3, 0.4) is 0 Å². The number of aromatic nitrogens is 5. The summed E-state index contributed by atoms with van der Waals surface area (Å²) in [6.07, 6.45) is 3.70. The van der Waals surface area contributed by atoms with Gasteiger partial charge in [0.15, 0.2) is 10.8 Å². The van der Waals surface area contributed by atoms with Crippen molar-refractivity contribution in [2.75, 3.05) is 5.32 Å². The number of nitrogens with zero attached hydrogens (tertiary/aromatic N) is 6. The minimum absolute atomic E-state index is 0.0996. The Bertz CT molecular complexity index is 1690. The molecule has 5 aromatic rings. The second kappa shape index (κ2) is 10.5. The Hall–Kier alpha value is -4.67. The molecule has 0 aliphatic heterocycles. The van der Waals surface area contributed by atoms with Crippen LogP contribution in [-0.4, -0.2) is 30.7 Å². The molecule has 5 rings (SSSR count). The Balaban J connectivity index is 1.23. The highest BCUT2D eigenvalue weighted by atomic mass is 32.1. The number of carbonyl (C=O) groups excluding carboxylic acids is 1. The fraction of sp³-hybridized carbons (Fsp3) is 0.125. The first kappa shape index (κ1) is 24.0. The molecule has 1 aromatic carbocycles. The van der Waals surface area contributed by atoms with Gasteiger partial charge in [0.1, 0.15) is 29.0 Å². The van der Waals surface area contributed by atoms with Crippen LogP contribution in [0.25, 0.3) is 21.8 Å². The third-order valence-electron chi connectivity index (χ3n) is 4.96. The van der Waals surface area contributed by atoms with Gasteiger partial charge < -0.3 is 9.15 Å². The average Bonchev–Trinajstić information content (AvgIpc) is 3.67. The fourth-order valence-electron chi connectivity index (χ4n) is 3.18. The molecule has 0 bridgehead atoms. The van der Waals surface area contributed by atoms with E-state index in [0.717, 1.165) is 22.8 Å². The van der Waals surface area contributed by atoms with Gasteiger partial charge in [0.05, 0.1) is 12.0 Å². The predicted molar refractivity (Wildman–Crippen MR) is 137 cm³/mol. The highest BCUT2D eigenvalue weighted by molar-refractivity contribution is 7.18. The molecule has 1 amide bonds. The maximum absolute atomic E-state index is 12.6. The number of hydrogen-bond donors (Lipinski definition) is 1. The molecule has 0 radical (unpaired) electrons. The summed E-state index contributed by atoms with van der Waals surface area (Å²) in [4.78, 5) is 29.8. The van der Waals surface area contributed by atoms with E-state index in [1.54, 1.807) is 36.4 Å². The summed E-state index contributed by atoms with van der Waals surface area (Å²) in [6, 6.07) is 13.6. The molecule has 184 valence electrons. The minimum atomic E-state index is -0.605. The second-order valence-corrected chi connectivity index (χ2v) is 9.52. The summed E-state index contributed by atoms with van der Waals surface area (Å²) < 4.78 is 12.3. The zero-order valence-electron chi connectivity index (χ0n) is 19.2. The minimum Gasteiger partial charge on any atom is -0.487 e. The van der Waals surface area contributed by atoms with Crippen molar-refractivity contribution in [2.24, 2.45) is 0 Å². The Morgan fingerprint density at radius 2 is 2.08 bits per heavy atom. The molecular weight excluding hydrogens is 514 g/mol. The largest absolute Gasteiger partial charge is 0.487 e. The van der Waals surface area contributed by atoms with Gasteiger partial charge in [0.2, 0.25) is 10.1 Å². The number of aryl methyl sites for hydroxylation is 1. The lowest BCUT2D eigenvalue weighted by Crippen LogP contribution is -2.16. The van der Waals surface area contributed by atoms with Gasteiger partial charge in [0, 0.05) is 6.07 Å². The monoisotopic (exact) mass is 531 g/mol. The number of hydrogen-bond acceptors (Lipinski definition) is 11. The van der Waals surface area contributed by atoms with Gasteiger partial charge in [0.25, 0.3) is 11.5 Å². The number of carbonyl (C=O) groups is 1. The van der Waals surface area contributed by atoms with Crippen LogP contribution >= 0.6 is 22.7 Å². The molecule has 0 fully saturated rings. The standard InChI is InChI=1S/C24H17N7O4S2/c1-2-19-30-31-20(32)11-16(26-24(31)36-19)13-35-17-7-5-14(6-8-17)10-15(12-25)21(33)27-23-29-28-22(37-23)18-4-3-9-34-18/h3-11H,2,13H2,1H3,(H,27,29,33)/b15-10-. The lowest BCUT2D eigenvalue weighted by atomic mass is 10.1. The number of nitriles is 1. The summed E-state index contributed by atoms with van der Waals surface area (Å²) in [5, 5.41) is 25.8. The summed E-state index contributed by atoms with van der Waals surface area (Å²) in [5.41, 5.74) is 0.767. The summed E-state index contributed by atoms with van der Waals surface area (Å²) in [7, 11) is 0. The first-order valence-corrected chi connectivity index (χ1v) is 12.6. The number of nitrogens with one attached hydrogen (secondary N) is 1. The van der Waals surface area contributed by atoms with Gasteiger partial charge in [-0.25, -0.2) is 4.98 Å². The first-order valence-electron chi connectivity index (χ1n) is 10.9. The topological polar surface area (TPSA) is 148 Å². The van der Waals surface area contributed by atoms with E-state index >= 15 is 0 Å². The van der Waals surface area contributed by atoms with Crippen molar-refractivity contribution >= 4 is 44.7 Å². The maximum Gasteiger partial charge on any atom is 0.275 e. The molecule has 0 aliphatic carbocycles. The molecule has 4 heterocycles. The maximum atomic E-state index is 12.6. The number of fused-ring (bicyclic) bond motifs is 1. The molecule has 13 heteroatoms. The van der Waals surface area contributed by atoms with E-state index in [2.05, 4.69) is 25.6 Å². The quantitative estimate of drug-likeness (QED) is 0.232. The van der Waals surface area contributed by atoms with Crippen LogP contribution < -0.4 is 15.6 Å². The number of benzene rings is 1. The van der Waals surface area contributed by atoms with Crippen molar-refractivity contribution < 1.29 is 13.9 Å². The zero-order chi connectivity index (χ0) is 25.8. The Morgan fingerprint density at radius 1 is 1.24 bits per heavy atom. The number of ether oxygens (including phenoxy) is 1. The van der Waals surface area contributed by atoms with Crippen LogP contribution in [0.15, 0.2) is 63.5 Å². The van der Waals surface area contributed by atoms with E-state index in [9.17, 15) is 14.9 Å². The lowest BCUT2D eigenvalue weighted by Gasteiger charge is -2.06. The molecule has 11 nitrogen and oxygen atoms in total. The van der Waals surface area contributed by atoms with Gasteiger partial charge in [-0.1, -0.05) is 41.7 Å². The van der Waals surface area contributed by atoms with E-state index in [4.69, 9.17) is 9.15 Å². The molecular formula is C24H17N7O4S2.